The van der Waals surface area contributed by atoms with Gasteiger partial charge in [0.05, 0.1) is 13.2 Å². The molecule has 0 atom stereocenters. The topological polar surface area (TPSA) is 18.5 Å². The normalized spacial score (nSPS) is 13.5. The molecule has 0 amide bonds. The van der Waals surface area contributed by atoms with E-state index in [2.05, 4.69) is 51.1 Å². The fourth-order valence-electron chi connectivity index (χ4n) is 3.48. The van der Waals surface area contributed by atoms with Gasteiger partial charge in [-0.05, 0) is 32.6 Å². The van der Waals surface area contributed by atoms with Gasteiger partial charge in [-0.15, -0.1) is 0 Å². The van der Waals surface area contributed by atoms with E-state index in [1.807, 2.05) is 0 Å². The second-order valence-corrected chi connectivity index (χ2v) is 7.00. The largest absolute Gasteiger partial charge is 0.493 e. The molecule has 0 bridgehead atoms. The summed E-state index contributed by atoms with van der Waals surface area (Å²) in [4.78, 5) is 0. The van der Waals surface area contributed by atoms with Crippen LogP contribution in [0.3, 0.4) is 0 Å². The molecule has 0 saturated heterocycles. The highest BCUT2D eigenvalue weighted by molar-refractivity contribution is 5.96. The van der Waals surface area contributed by atoms with Crippen molar-refractivity contribution in [2.45, 2.75) is 59.3 Å². The molecule has 0 radical (unpaired) electrons. The van der Waals surface area contributed by atoms with Gasteiger partial charge in [-0.2, -0.15) is 0 Å². The molecule has 1 aliphatic carbocycles. The highest BCUT2D eigenvalue weighted by atomic mass is 16.5. The van der Waals surface area contributed by atoms with Gasteiger partial charge in [0.2, 0.25) is 0 Å². The maximum absolute atomic E-state index is 6.30. The third-order valence-electron chi connectivity index (χ3n) is 4.93. The molecule has 0 aromatic heterocycles. The van der Waals surface area contributed by atoms with Gasteiger partial charge in [0.25, 0.3) is 0 Å². The van der Waals surface area contributed by atoms with Crippen molar-refractivity contribution in [3.63, 3.8) is 0 Å². The lowest BCUT2D eigenvalue weighted by atomic mass is 9.87. The fourth-order valence-corrected chi connectivity index (χ4v) is 3.48. The first-order valence-electron chi connectivity index (χ1n) is 9.73. The Bertz CT molecular complexity index is 758. The molecule has 0 spiro atoms. The molecule has 0 aliphatic heterocycles. The molecule has 134 valence electrons. The molecule has 3 rings (SSSR count). The van der Waals surface area contributed by atoms with Crippen molar-refractivity contribution in [1.29, 1.82) is 0 Å². The summed E-state index contributed by atoms with van der Waals surface area (Å²) in [5, 5.41) is 2.38. The van der Waals surface area contributed by atoms with E-state index >= 15 is 0 Å². The average molecular weight is 338 g/mol. The van der Waals surface area contributed by atoms with Gasteiger partial charge in [-0.1, -0.05) is 62.6 Å². The van der Waals surface area contributed by atoms with E-state index in [0.29, 0.717) is 0 Å². The Balaban J connectivity index is 2.11. The predicted molar refractivity (Wildman–Crippen MR) is 106 cm³/mol. The van der Waals surface area contributed by atoms with Gasteiger partial charge in [0, 0.05) is 21.9 Å². The third-order valence-corrected chi connectivity index (χ3v) is 4.93. The summed E-state index contributed by atoms with van der Waals surface area (Å²) in [6.07, 6.45) is 8.72. The molecule has 0 fully saturated rings. The molecule has 2 heteroatoms. The van der Waals surface area contributed by atoms with E-state index in [1.54, 1.807) is 0 Å². The highest BCUT2D eigenvalue weighted by Gasteiger charge is 2.23. The van der Waals surface area contributed by atoms with E-state index in [4.69, 9.17) is 9.47 Å². The SMILES string of the molecule is CCCCOc1c2c(c(OCCCC)c3ccccc13)CC(C)=CC2. The maximum atomic E-state index is 6.30. The number of hydrogen-bond acceptors (Lipinski definition) is 2. The van der Waals surface area contributed by atoms with Gasteiger partial charge < -0.3 is 9.47 Å². The van der Waals surface area contributed by atoms with Gasteiger partial charge in [0.1, 0.15) is 11.5 Å². The second kappa shape index (κ2) is 8.42. The van der Waals surface area contributed by atoms with Crippen molar-refractivity contribution in [1.82, 2.24) is 0 Å². The van der Waals surface area contributed by atoms with Crippen molar-refractivity contribution < 1.29 is 9.47 Å². The first kappa shape index (κ1) is 17.8. The van der Waals surface area contributed by atoms with Gasteiger partial charge in [0.15, 0.2) is 0 Å². The van der Waals surface area contributed by atoms with Crippen LogP contribution in [0.15, 0.2) is 35.9 Å². The van der Waals surface area contributed by atoms with E-state index in [0.717, 1.165) is 63.2 Å². The number of ether oxygens (including phenoxy) is 2. The van der Waals surface area contributed by atoms with E-state index in [-0.39, 0.29) is 0 Å². The number of rotatable bonds is 8. The zero-order chi connectivity index (χ0) is 17.6. The summed E-state index contributed by atoms with van der Waals surface area (Å²) < 4.78 is 12.6. The van der Waals surface area contributed by atoms with Crippen molar-refractivity contribution in [2.75, 3.05) is 13.2 Å². The van der Waals surface area contributed by atoms with Crippen LogP contribution in [0, 0.1) is 0 Å². The molecule has 0 N–H and O–H groups in total. The number of hydrogen-bond donors (Lipinski definition) is 0. The predicted octanol–water partition coefficient (Wildman–Crippen LogP) is 6.24. The van der Waals surface area contributed by atoms with Gasteiger partial charge in [-0.3, -0.25) is 0 Å². The van der Waals surface area contributed by atoms with E-state index in [1.165, 1.54) is 27.5 Å². The van der Waals surface area contributed by atoms with Crippen LogP contribution >= 0.6 is 0 Å². The van der Waals surface area contributed by atoms with Crippen LogP contribution in [-0.4, -0.2) is 13.2 Å². The second-order valence-electron chi connectivity index (χ2n) is 7.00. The minimum Gasteiger partial charge on any atom is -0.493 e. The molecule has 0 saturated carbocycles. The monoisotopic (exact) mass is 338 g/mol. The molecule has 2 aromatic carbocycles. The van der Waals surface area contributed by atoms with Gasteiger partial charge >= 0.3 is 0 Å². The van der Waals surface area contributed by atoms with Gasteiger partial charge in [-0.25, -0.2) is 0 Å². The number of benzene rings is 2. The Labute approximate surface area is 151 Å². The van der Waals surface area contributed by atoms with Crippen LogP contribution in [0.25, 0.3) is 10.8 Å². The van der Waals surface area contributed by atoms with Crippen LogP contribution in [0.5, 0.6) is 11.5 Å². The summed E-state index contributed by atoms with van der Waals surface area (Å²) in [5.41, 5.74) is 4.08. The first-order valence-corrected chi connectivity index (χ1v) is 9.73. The highest BCUT2D eigenvalue weighted by Crippen LogP contribution is 2.44. The van der Waals surface area contributed by atoms with Crippen molar-refractivity contribution in [3.8, 4) is 11.5 Å². The smallest absolute Gasteiger partial charge is 0.131 e. The lowest BCUT2D eigenvalue weighted by Gasteiger charge is -2.25. The maximum Gasteiger partial charge on any atom is 0.131 e. The molecule has 0 unspecified atom stereocenters. The standard InChI is InChI=1S/C23H30O2/c1-4-6-14-24-22-18-10-8-9-11-19(18)23(25-15-7-5-2)21-16-17(3)12-13-20(21)22/h8-12H,4-7,13-16H2,1-3H3. The molecule has 2 aromatic rings. The zero-order valence-electron chi connectivity index (χ0n) is 15.9. The van der Waals surface area contributed by atoms with Crippen LogP contribution in [0.4, 0.5) is 0 Å². The third kappa shape index (κ3) is 3.84. The summed E-state index contributed by atoms with van der Waals surface area (Å²) in [6, 6.07) is 8.55. The summed E-state index contributed by atoms with van der Waals surface area (Å²) in [7, 11) is 0. The van der Waals surface area contributed by atoms with Crippen LogP contribution < -0.4 is 9.47 Å². The fraction of sp³-hybridized carbons (Fsp3) is 0.478. The van der Waals surface area contributed by atoms with Crippen molar-refractivity contribution >= 4 is 10.8 Å². The Hall–Kier alpha value is -1.96. The molecule has 2 nitrogen and oxygen atoms in total. The minimum atomic E-state index is 0.783. The first-order chi connectivity index (χ1) is 12.3. The van der Waals surface area contributed by atoms with E-state index < -0.39 is 0 Å². The molecule has 25 heavy (non-hydrogen) atoms. The van der Waals surface area contributed by atoms with Crippen molar-refractivity contribution in [3.05, 3.63) is 47.0 Å². The van der Waals surface area contributed by atoms with Crippen LogP contribution in [-0.2, 0) is 12.8 Å². The van der Waals surface area contributed by atoms with Crippen LogP contribution in [0.1, 0.15) is 57.6 Å². The zero-order valence-corrected chi connectivity index (χ0v) is 15.9. The molecule has 1 aliphatic rings. The molecular weight excluding hydrogens is 308 g/mol. The molecular formula is C23H30O2. The van der Waals surface area contributed by atoms with E-state index in [9.17, 15) is 0 Å². The summed E-state index contributed by atoms with van der Waals surface area (Å²) in [5.74, 6) is 2.15. The Morgan fingerprint density at radius 3 is 1.96 bits per heavy atom. The number of allylic oxidation sites excluding steroid dienone is 2. The number of unbranched alkanes of at least 4 members (excludes halogenated alkanes) is 2. The minimum absolute atomic E-state index is 0.783. The Morgan fingerprint density at radius 2 is 1.40 bits per heavy atom. The quantitative estimate of drug-likeness (QED) is 0.419. The number of fused-ring (bicyclic) bond motifs is 2. The summed E-state index contributed by atoms with van der Waals surface area (Å²) in [6.45, 7) is 8.19. The molecule has 0 heterocycles. The Kier molecular flexibility index (Phi) is 6.01. The van der Waals surface area contributed by atoms with Crippen molar-refractivity contribution in [2.24, 2.45) is 0 Å². The summed E-state index contributed by atoms with van der Waals surface area (Å²) >= 11 is 0. The average Bonchev–Trinajstić information content (AvgIpc) is 2.63. The lowest BCUT2D eigenvalue weighted by Crippen LogP contribution is -2.11. The Morgan fingerprint density at radius 1 is 0.840 bits per heavy atom. The lowest BCUT2D eigenvalue weighted by molar-refractivity contribution is 0.301. The van der Waals surface area contributed by atoms with Crippen LogP contribution in [0.2, 0.25) is 0 Å².